The molecule has 0 radical (unpaired) electrons. The molecule has 0 spiro atoms. The molecule has 0 saturated carbocycles. The number of nitro groups is 1. The maximum atomic E-state index is 14.4. The van der Waals surface area contributed by atoms with Crippen molar-refractivity contribution in [1.82, 2.24) is 4.98 Å². The maximum Gasteiger partial charge on any atom is 0.281 e. The number of hydrogen-bond donors (Lipinski definition) is 1. The Hall–Kier alpha value is -3.08. The number of hydrogen-bond acceptors (Lipinski definition) is 5. The van der Waals surface area contributed by atoms with Gasteiger partial charge in [-0.2, -0.15) is 5.26 Å². The number of anilines is 1. The Bertz CT molecular complexity index is 816. The SMILES string of the molecule is CC(C)Nc1ncc(F)cc1-c1c(F)cc(C#N)cc1[N+](=O)[O-]. The standard InChI is InChI=1S/C15H12F2N4O2/c1-8(2)20-15-11(5-10(16)7-19-15)14-12(17)3-9(6-18)4-13(14)21(22)23/h3-5,7-8H,1-2H3,(H,19,20). The van der Waals surface area contributed by atoms with Gasteiger partial charge >= 0.3 is 0 Å². The molecule has 118 valence electrons. The van der Waals surface area contributed by atoms with Gasteiger partial charge in [0, 0.05) is 17.7 Å². The lowest BCUT2D eigenvalue weighted by molar-refractivity contribution is -0.384. The molecule has 0 aliphatic heterocycles. The Morgan fingerprint density at radius 1 is 1.35 bits per heavy atom. The molecule has 1 N–H and O–H groups in total. The highest BCUT2D eigenvalue weighted by Crippen LogP contribution is 2.37. The first-order valence-electron chi connectivity index (χ1n) is 6.64. The number of benzene rings is 1. The summed E-state index contributed by atoms with van der Waals surface area (Å²) in [6.45, 7) is 3.58. The monoisotopic (exact) mass is 318 g/mol. The fourth-order valence-corrected chi connectivity index (χ4v) is 2.09. The molecule has 23 heavy (non-hydrogen) atoms. The summed E-state index contributed by atoms with van der Waals surface area (Å²) in [5, 5.41) is 22.9. The summed E-state index contributed by atoms with van der Waals surface area (Å²) in [5.74, 6) is -1.63. The third kappa shape index (κ3) is 3.40. The van der Waals surface area contributed by atoms with Crippen LogP contribution in [0.25, 0.3) is 11.1 Å². The number of pyridine rings is 1. The summed E-state index contributed by atoms with van der Waals surface area (Å²) in [6.07, 6.45) is 0.932. The van der Waals surface area contributed by atoms with Crippen LogP contribution in [0.15, 0.2) is 24.4 Å². The van der Waals surface area contributed by atoms with Gasteiger partial charge in [-0.15, -0.1) is 0 Å². The minimum Gasteiger partial charge on any atom is -0.367 e. The van der Waals surface area contributed by atoms with Crippen molar-refractivity contribution in [3.63, 3.8) is 0 Å². The van der Waals surface area contributed by atoms with Crippen LogP contribution in [0.2, 0.25) is 0 Å². The quantitative estimate of drug-likeness (QED) is 0.686. The van der Waals surface area contributed by atoms with Crippen LogP contribution in [-0.4, -0.2) is 15.9 Å². The Morgan fingerprint density at radius 3 is 2.61 bits per heavy atom. The molecule has 2 rings (SSSR count). The molecular weight excluding hydrogens is 306 g/mol. The lowest BCUT2D eigenvalue weighted by atomic mass is 10.0. The summed E-state index contributed by atoms with van der Waals surface area (Å²) in [4.78, 5) is 14.3. The predicted molar refractivity (Wildman–Crippen MR) is 79.7 cm³/mol. The maximum absolute atomic E-state index is 14.4. The summed E-state index contributed by atoms with van der Waals surface area (Å²) in [6, 6.07) is 4.33. The van der Waals surface area contributed by atoms with Gasteiger partial charge in [0.25, 0.3) is 5.69 Å². The fourth-order valence-electron chi connectivity index (χ4n) is 2.09. The molecule has 6 nitrogen and oxygen atoms in total. The molecule has 0 unspecified atom stereocenters. The number of halogens is 2. The molecular formula is C15H12F2N4O2. The van der Waals surface area contributed by atoms with Crippen molar-refractivity contribution in [2.75, 3.05) is 5.32 Å². The molecule has 0 aliphatic rings. The van der Waals surface area contributed by atoms with Gasteiger partial charge < -0.3 is 5.32 Å². The van der Waals surface area contributed by atoms with E-state index < -0.39 is 27.8 Å². The summed E-state index contributed by atoms with van der Waals surface area (Å²) in [7, 11) is 0. The van der Waals surface area contributed by atoms with Crippen LogP contribution in [0.5, 0.6) is 0 Å². The average Bonchev–Trinajstić information content (AvgIpc) is 2.47. The summed E-state index contributed by atoms with van der Waals surface area (Å²) >= 11 is 0. The molecule has 1 heterocycles. The number of aromatic nitrogens is 1. The Kier molecular flexibility index (Phi) is 4.50. The van der Waals surface area contributed by atoms with E-state index in [0.717, 1.165) is 24.4 Å². The van der Waals surface area contributed by atoms with E-state index in [0.29, 0.717) is 0 Å². The first-order chi connectivity index (χ1) is 10.8. The van der Waals surface area contributed by atoms with Gasteiger partial charge in [0.15, 0.2) is 0 Å². The van der Waals surface area contributed by atoms with Gasteiger partial charge in [0.1, 0.15) is 17.5 Å². The van der Waals surface area contributed by atoms with E-state index >= 15 is 0 Å². The lowest BCUT2D eigenvalue weighted by Gasteiger charge is -2.14. The Labute approximate surface area is 130 Å². The molecule has 0 amide bonds. The van der Waals surface area contributed by atoms with E-state index in [1.165, 1.54) is 0 Å². The molecule has 0 fully saturated rings. The van der Waals surface area contributed by atoms with E-state index in [-0.39, 0.29) is 23.0 Å². The Morgan fingerprint density at radius 2 is 2.04 bits per heavy atom. The first kappa shape index (κ1) is 16.3. The minimum atomic E-state index is -0.991. The van der Waals surface area contributed by atoms with Crippen molar-refractivity contribution >= 4 is 11.5 Å². The second-order valence-electron chi connectivity index (χ2n) is 5.07. The third-order valence-corrected chi connectivity index (χ3v) is 2.94. The number of nitrogens with one attached hydrogen (secondary N) is 1. The molecule has 0 saturated heterocycles. The molecule has 0 atom stereocenters. The van der Waals surface area contributed by atoms with E-state index in [2.05, 4.69) is 10.3 Å². The van der Waals surface area contributed by atoms with Gasteiger partial charge in [0.05, 0.1) is 28.3 Å². The zero-order chi connectivity index (χ0) is 17.1. The second-order valence-corrected chi connectivity index (χ2v) is 5.07. The number of nitriles is 1. The largest absolute Gasteiger partial charge is 0.367 e. The van der Waals surface area contributed by atoms with E-state index in [1.54, 1.807) is 19.9 Å². The summed E-state index contributed by atoms with van der Waals surface area (Å²) < 4.78 is 27.9. The van der Waals surface area contributed by atoms with Crippen LogP contribution in [0.3, 0.4) is 0 Å². The van der Waals surface area contributed by atoms with Crippen molar-refractivity contribution in [2.24, 2.45) is 0 Å². The van der Waals surface area contributed by atoms with Gasteiger partial charge in [-0.05, 0) is 26.0 Å². The third-order valence-electron chi connectivity index (χ3n) is 2.94. The molecule has 1 aromatic carbocycles. The first-order valence-corrected chi connectivity index (χ1v) is 6.64. The Balaban J connectivity index is 2.78. The van der Waals surface area contributed by atoms with Crippen molar-refractivity contribution in [3.8, 4) is 17.2 Å². The normalized spacial score (nSPS) is 10.4. The smallest absolute Gasteiger partial charge is 0.281 e. The van der Waals surface area contributed by atoms with Crippen LogP contribution in [0.1, 0.15) is 19.4 Å². The number of rotatable bonds is 4. The fraction of sp³-hybridized carbons (Fsp3) is 0.200. The highest BCUT2D eigenvalue weighted by atomic mass is 19.1. The van der Waals surface area contributed by atoms with Crippen LogP contribution in [-0.2, 0) is 0 Å². The van der Waals surface area contributed by atoms with E-state index in [9.17, 15) is 18.9 Å². The van der Waals surface area contributed by atoms with Gasteiger partial charge in [-0.1, -0.05) is 0 Å². The van der Waals surface area contributed by atoms with Crippen molar-refractivity contribution in [2.45, 2.75) is 19.9 Å². The molecule has 0 aliphatic carbocycles. The number of nitro benzene ring substituents is 1. The molecule has 0 bridgehead atoms. The topological polar surface area (TPSA) is 91.8 Å². The van der Waals surface area contributed by atoms with Crippen molar-refractivity contribution in [3.05, 3.63) is 51.7 Å². The van der Waals surface area contributed by atoms with Crippen molar-refractivity contribution < 1.29 is 13.7 Å². The summed E-state index contributed by atoms with van der Waals surface area (Å²) in [5.41, 5.74) is -1.31. The zero-order valence-electron chi connectivity index (χ0n) is 12.3. The molecule has 8 heteroatoms. The second kappa shape index (κ2) is 6.36. The van der Waals surface area contributed by atoms with Crippen molar-refractivity contribution in [1.29, 1.82) is 5.26 Å². The minimum absolute atomic E-state index is 0.0765. The van der Waals surface area contributed by atoms with Crippen LogP contribution in [0, 0.1) is 33.1 Å². The highest BCUT2D eigenvalue weighted by Gasteiger charge is 2.25. The van der Waals surface area contributed by atoms with E-state index in [1.807, 2.05) is 0 Å². The van der Waals surface area contributed by atoms with Crippen LogP contribution < -0.4 is 5.32 Å². The predicted octanol–water partition coefficient (Wildman–Crippen LogP) is 3.63. The zero-order valence-corrected chi connectivity index (χ0v) is 12.3. The van der Waals surface area contributed by atoms with Crippen LogP contribution in [0.4, 0.5) is 20.3 Å². The van der Waals surface area contributed by atoms with Gasteiger partial charge in [-0.3, -0.25) is 10.1 Å². The molecule has 1 aromatic heterocycles. The van der Waals surface area contributed by atoms with E-state index in [4.69, 9.17) is 5.26 Å². The molecule has 2 aromatic rings. The van der Waals surface area contributed by atoms with Gasteiger partial charge in [-0.25, -0.2) is 13.8 Å². The number of nitrogens with zero attached hydrogens (tertiary/aromatic N) is 3. The average molecular weight is 318 g/mol. The van der Waals surface area contributed by atoms with Crippen LogP contribution >= 0.6 is 0 Å². The lowest BCUT2D eigenvalue weighted by Crippen LogP contribution is -2.12. The van der Waals surface area contributed by atoms with Gasteiger partial charge in [0.2, 0.25) is 0 Å². The highest BCUT2D eigenvalue weighted by molar-refractivity contribution is 5.82.